The van der Waals surface area contributed by atoms with Gasteiger partial charge >= 0.3 is 0 Å². The Hall–Kier alpha value is -1.16. The lowest BCUT2D eigenvalue weighted by Gasteiger charge is -2.05. The number of aryl methyl sites for hydroxylation is 2. The van der Waals surface area contributed by atoms with Gasteiger partial charge < -0.3 is 24.0 Å². The number of para-hydroxylation sites is 2. The minimum absolute atomic E-state index is 0. The van der Waals surface area contributed by atoms with E-state index in [4.69, 9.17) is 0 Å². The van der Waals surface area contributed by atoms with E-state index in [1.54, 1.807) is 0 Å². The number of halogens is 1. The van der Waals surface area contributed by atoms with Crippen molar-refractivity contribution in [1.82, 2.24) is 0 Å². The second kappa shape index (κ2) is 4.61. The van der Waals surface area contributed by atoms with E-state index >= 15 is 0 Å². The van der Waals surface area contributed by atoms with Crippen LogP contribution in [0, 0.1) is 6.92 Å². The van der Waals surface area contributed by atoms with Crippen LogP contribution in [0.15, 0.2) is 48.5 Å². The van der Waals surface area contributed by atoms with Crippen molar-refractivity contribution in [3.8, 4) is 0 Å². The summed E-state index contributed by atoms with van der Waals surface area (Å²) in [6.45, 7) is 2.20. The highest BCUT2D eigenvalue weighted by Gasteiger charge is 2.13. The topological polar surface area (TPSA) is 3.88 Å². The number of benzene rings is 2. The largest absolute Gasteiger partial charge is 1.00 e. The van der Waals surface area contributed by atoms with Crippen molar-refractivity contribution in [2.75, 3.05) is 0 Å². The number of hydrogen-bond donors (Lipinski definition) is 0. The molecule has 1 heterocycles. The van der Waals surface area contributed by atoms with Gasteiger partial charge in [0, 0.05) is 22.9 Å². The smallest absolute Gasteiger partial charge is 0.213 e. The summed E-state index contributed by atoms with van der Waals surface area (Å²) in [5.41, 5.74) is 3.95. The molecule has 0 aliphatic carbocycles. The Balaban J connectivity index is 0.00000108. The Morgan fingerprint density at radius 3 is 1.65 bits per heavy atom. The first-order valence-electron chi connectivity index (χ1n) is 5.55. The molecular weight excluding hydrogens is 321 g/mol. The highest BCUT2D eigenvalue weighted by molar-refractivity contribution is 5.93. The molecule has 0 saturated carbocycles. The SMILES string of the molecule is Cc1c2ccccc2[n+](C)c2ccccc12.[I-]. The molecular formula is C15H14IN. The molecule has 2 heteroatoms. The molecule has 3 aromatic rings. The van der Waals surface area contributed by atoms with Crippen molar-refractivity contribution in [3.05, 3.63) is 54.1 Å². The zero-order chi connectivity index (χ0) is 11.1. The highest BCUT2D eigenvalue weighted by Crippen LogP contribution is 2.22. The molecule has 3 rings (SSSR count). The molecule has 2 aromatic carbocycles. The van der Waals surface area contributed by atoms with Crippen molar-refractivity contribution >= 4 is 21.8 Å². The summed E-state index contributed by atoms with van der Waals surface area (Å²) in [4.78, 5) is 0. The number of pyridine rings is 1. The van der Waals surface area contributed by atoms with Crippen LogP contribution in [-0.2, 0) is 7.05 Å². The number of nitrogens with zero attached hydrogens (tertiary/aromatic N) is 1. The van der Waals surface area contributed by atoms with E-state index in [1.165, 1.54) is 27.4 Å². The zero-order valence-corrected chi connectivity index (χ0v) is 12.1. The van der Waals surface area contributed by atoms with Gasteiger partial charge in [0.2, 0.25) is 11.0 Å². The molecule has 86 valence electrons. The molecule has 1 nitrogen and oxygen atoms in total. The molecule has 1 aromatic heterocycles. The maximum atomic E-state index is 2.26. The lowest BCUT2D eigenvalue weighted by Crippen LogP contribution is -3.00. The lowest BCUT2D eigenvalue weighted by molar-refractivity contribution is -0.617. The predicted molar refractivity (Wildman–Crippen MR) is 67.4 cm³/mol. The lowest BCUT2D eigenvalue weighted by atomic mass is 10.0. The van der Waals surface area contributed by atoms with Crippen LogP contribution < -0.4 is 28.5 Å². The van der Waals surface area contributed by atoms with Gasteiger partial charge in [-0.2, -0.15) is 4.57 Å². The second-order valence-corrected chi connectivity index (χ2v) is 4.22. The van der Waals surface area contributed by atoms with E-state index < -0.39 is 0 Å². The molecule has 17 heavy (non-hydrogen) atoms. The Morgan fingerprint density at radius 1 is 0.765 bits per heavy atom. The van der Waals surface area contributed by atoms with E-state index in [0.29, 0.717) is 0 Å². The minimum atomic E-state index is 0. The van der Waals surface area contributed by atoms with Gasteiger partial charge in [0.15, 0.2) is 0 Å². The van der Waals surface area contributed by atoms with Gasteiger partial charge in [0.1, 0.15) is 7.05 Å². The Bertz CT molecular complexity index is 572. The number of aromatic nitrogens is 1. The van der Waals surface area contributed by atoms with Crippen LogP contribution in [-0.4, -0.2) is 0 Å². The monoisotopic (exact) mass is 335 g/mol. The van der Waals surface area contributed by atoms with Crippen LogP contribution in [0.25, 0.3) is 21.8 Å². The fourth-order valence-electron chi connectivity index (χ4n) is 2.44. The summed E-state index contributed by atoms with van der Waals surface area (Å²) in [6.07, 6.45) is 0. The Labute approximate surface area is 118 Å². The Morgan fingerprint density at radius 2 is 1.18 bits per heavy atom. The second-order valence-electron chi connectivity index (χ2n) is 4.22. The molecule has 0 amide bonds. The average molecular weight is 335 g/mol. The Kier molecular flexibility index (Phi) is 3.33. The normalized spacial score (nSPS) is 10.5. The van der Waals surface area contributed by atoms with Crippen LogP contribution in [0.4, 0.5) is 0 Å². The average Bonchev–Trinajstić information content (AvgIpc) is 2.36. The van der Waals surface area contributed by atoms with Crippen LogP contribution in [0.3, 0.4) is 0 Å². The van der Waals surface area contributed by atoms with Crippen LogP contribution >= 0.6 is 0 Å². The zero-order valence-electron chi connectivity index (χ0n) is 9.94. The molecule has 0 aliphatic heterocycles. The van der Waals surface area contributed by atoms with Gasteiger partial charge in [0.05, 0.1) is 0 Å². The molecule has 0 saturated heterocycles. The van der Waals surface area contributed by atoms with Crippen LogP contribution in [0.2, 0.25) is 0 Å². The summed E-state index contributed by atoms with van der Waals surface area (Å²) in [5.74, 6) is 0. The summed E-state index contributed by atoms with van der Waals surface area (Å²) in [5, 5.41) is 2.67. The molecule has 0 fully saturated rings. The standard InChI is InChI=1S/C15H14N.HI/c1-11-12-7-3-5-9-14(12)16(2)15-10-6-4-8-13(11)15;/h3-10H,1-2H3;1H/q+1;/p-1. The minimum Gasteiger partial charge on any atom is -1.00 e. The van der Waals surface area contributed by atoms with E-state index in [1.807, 2.05) is 0 Å². The predicted octanol–water partition coefficient (Wildman–Crippen LogP) is 0.130. The molecule has 0 radical (unpaired) electrons. The van der Waals surface area contributed by atoms with Crippen molar-refractivity contribution < 1.29 is 28.5 Å². The third-order valence-electron chi connectivity index (χ3n) is 3.34. The maximum Gasteiger partial charge on any atom is 0.213 e. The third-order valence-corrected chi connectivity index (χ3v) is 3.34. The van der Waals surface area contributed by atoms with Crippen molar-refractivity contribution in [2.24, 2.45) is 7.05 Å². The van der Waals surface area contributed by atoms with Crippen molar-refractivity contribution in [3.63, 3.8) is 0 Å². The molecule has 0 atom stereocenters. The van der Waals surface area contributed by atoms with Crippen molar-refractivity contribution in [2.45, 2.75) is 6.92 Å². The molecule has 0 bridgehead atoms. The summed E-state index contributed by atoms with van der Waals surface area (Å²) >= 11 is 0. The van der Waals surface area contributed by atoms with Crippen molar-refractivity contribution in [1.29, 1.82) is 0 Å². The first-order chi connectivity index (χ1) is 7.79. The third kappa shape index (κ3) is 1.80. The van der Waals surface area contributed by atoms with E-state index in [9.17, 15) is 0 Å². The van der Waals surface area contributed by atoms with Gasteiger partial charge in [-0.15, -0.1) is 0 Å². The quantitative estimate of drug-likeness (QED) is 0.312. The van der Waals surface area contributed by atoms with Gasteiger partial charge in [-0.3, -0.25) is 0 Å². The van der Waals surface area contributed by atoms with Gasteiger partial charge in [0.25, 0.3) is 0 Å². The van der Waals surface area contributed by atoms with E-state index in [2.05, 4.69) is 67.1 Å². The number of hydrogen-bond acceptors (Lipinski definition) is 0. The maximum absolute atomic E-state index is 2.26. The van der Waals surface area contributed by atoms with Gasteiger partial charge in [-0.25, -0.2) is 0 Å². The number of fused-ring (bicyclic) bond motifs is 2. The van der Waals surface area contributed by atoms with Crippen LogP contribution in [0.1, 0.15) is 5.56 Å². The summed E-state index contributed by atoms with van der Waals surface area (Å²) < 4.78 is 2.26. The fraction of sp³-hybridized carbons (Fsp3) is 0.133. The van der Waals surface area contributed by atoms with Crippen LogP contribution in [0.5, 0.6) is 0 Å². The van der Waals surface area contributed by atoms with E-state index in [0.717, 1.165) is 0 Å². The molecule has 0 aliphatic rings. The molecule has 0 N–H and O–H groups in total. The summed E-state index contributed by atoms with van der Waals surface area (Å²) in [6, 6.07) is 17.1. The first-order valence-corrected chi connectivity index (χ1v) is 5.55. The summed E-state index contributed by atoms with van der Waals surface area (Å²) in [7, 11) is 2.13. The van der Waals surface area contributed by atoms with E-state index in [-0.39, 0.29) is 24.0 Å². The number of rotatable bonds is 0. The highest BCUT2D eigenvalue weighted by atomic mass is 127. The fourth-order valence-corrected chi connectivity index (χ4v) is 2.44. The van der Waals surface area contributed by atoms with Gasteiger partial charge in [-0.1, -0.05) is 24.3 Å². The molecule has 0 spiro atoms. The first kappa shape index (κ1) is 12.3. The molecule has 0 unspecified atom stereocenters. The van der Waals surface area contributed by atoms with Gasteiger partial charge in [-0.05, 0) is 24.6 Å².